The molecule has 0 fully saturated rings. The molecule has 2 rings (SSSR count). The highest BCUT2D eigenvalue weighted by Gasteiger charge is 2.26. The van der Waals surface area contributed by atoms with E-state index in [4.69, 9.17) is 0 Å². The number of carboxylic acids is 1. The van der Waals surface area contributed by atoms with Crippen LogP contribution in [0.5, 0.6) is 5.75 Å². The number of phenols is 1. The molecule has 0 spiro atoms. The van der Waals surface area contributed by atoms with Gasteiger partial charge in [-0.3, -0.25) is 0 Å². The monoisotopic (exact) mass is 402 g/mol. The molecule has 0 aliphatic rings. The Kier molecular flexibility index (Phi) is 8.41. The van der Waals surface area contributed by atoms with Gasteiger partial charge in [0.25, 0.3) is 0 Å². The standard InChI is InChI=1S/C17H22N4O3.2ClH/c1-19(2)8-11-14-12(6-10(7-18)16(11)22)21(5)13(9-20(3)4)15(14)17(23)24;;/h6,22H,8-9H2,1-5H3,(H,23,24);2*1H. The number of carbonyl (C=O) groups is 1. The molecule has 144 valence electrons. The molecular formula is C17H24Cl2N4O3. The third kappa shape index (κ3) is 4.22. The van der Waals surface area contributed by atoms with Crippen LogP contribution in [0.4, 0.5) is 0 Å². The smallest absolute Gasteiger partial charge is 0.338 e. The van der Waals surface area contributed by atoms with Crippen LogP contribution in [0.25, 0.3) is 10.9 Å². The van der Waals surface area contributed by atoms with Gasteiger partial charge in [0.1, 0.15) is 11.8 Å². The van der Waals surface area contributed by atoms with Crippen LogP contribution < -0.4 is 0 Å². The molecular weight excluding hydrogens is 379 g/mol. The summed E-state index contributed by atoms with van der Waals surface area (Å²) in [5.41, 5.74) is 2.06. The maximum absolute atomic E-state index is 11.9. The number of carboxylic acid groups (broad SMARTS) is 1. The Morgan fingerprint density at radius 2 is 1.73 bits per heavy atom. The van der Waals surface area contributed by atoms with E-state index in [9.17, 15) is 20.3 Å². The zero-order valence-electron chi connectivity index (χ0n) is 15.4. The lowest BCUT2D eigenvalue weighted by atomic mass is 10.00. The van der Waals surface area contributed by atoms with E-state index in [1.54, 1.807) is 17.7 Å². The number of aryl methyl sites for hydroxylation is 1. The maximum Gasteiger partial charge on any atom is 0.338 e. The first-order valence-electron chi connectivity index (χ1n) is 7.48. The van der Waals surface area contributed by atoms with Gasteiger partial charge >= 0.3 is 5.97 Å². The normalized spacial score (nSPS) is 10.5. The Balaban J connectivity index is 0.00000312. The van der Waals surface area contributed by atoms with Crippen LogP contribution in [0.1, 0.15) is 27.2 Å². The lowest BCUT2D eigenvalue weighted by Crippen LogP contribution is -2.16. The van der Waals surface area contributed by atoms with E-state index >= 15 is 0 Å². The summed E-state index contributed by atoms with van der Waals surface area (Å²) in [5, 5.41) is 30.0. The molecule has 0 saturated heterocycles. The predicted molar refractivity (Wildman–Crippen MR) is 106 cm³/mol. The number of halogens is 2. The van der Waals surface area contributed by atoms with Gasteiger partial charge in [-0.25, -0.2) is 4.79 Å². The topological polar surface area (TPSA) is 92.7 Å². The highest BCUT2D eigenvalue weighted by molar-refractivity contribution is 6.07. The van der Waals surface area contributed by atoms with Crippen molar-refractivity contribution in [2.45, 2.75) is 13.1 Å². The molecule has 7 nitrogen and oxygen atoms in total. The minimum Gasteiger partial charge on any atom is -0.506 e. The van der Waals surface area contributed by atoms with E-state index < -0.39 is 5.97 Å². The molecule has 0 amide bonds. The Morgan fingerprint density at radius 3 is 2.15 bits per heavy atom. The van der Waals surface area contributed by atoms with E-state index in [0.29, 0.717) is 35.2 Å². The molecule has 0 unspecified atom stereocenters. The van der Waals surface area contributed by atoms with Crippen LogP contribution in [0.15, 0.2) is 6.07 Å². The molecule has 0 saturated carbocycles. The average molecular weight is 403 g/mol. The molecule has 0 bridgehead atoms. The fraction of sp³-hybridized carbons (Fsp3) is 0.412. The summed E-state index contributed by atoms with van der Waals surface area (Å²) in [7, 11) is 9.17. The van der Waals surface area contributed by atoms with Gasteiger partial charge in [0.05, 0.1) is 16.6 Å². The number of benzene rings is 1. The summed E-state index contributed by atoms with van der Waals surface area (Å²) in [6, 6.07) is 3.54. The van der Waals surface area contributed by atoms with Crippen LogP contribution in [0.2, 0.25) is 0 Å². The van der Waals surface area contributed by atoms with Crippen LogP contribution in [0.3, 0.4) is 0 Å². The van der Waals surface area contributed by atoms with Crippen LogP contribution >= 0.6 is 24.8 Å². The van der Waals surface area contributed by atoms with E-state index in [0.717, 1.165) is 0 Å². The van der Waals surface area contributed by atoms with Gasteiger partial charge in [-0.1, -0.05) is 0 Å². The molecule has 2 aromatic rings. The summed E-state index contributed by atoms with van der Waals surface area (Å²) >= 11 is 0. The molecule has 0 aliphatic heterocycles. The van der Waals surface area contributed by atoms with Crippen molar-refractivity contribution in [1.29, 1.82) is 5.26 Å². The highest BCUT2D eigenvalue weighted by Crippen LogP contribution is 2.37. The fourth-order valence-electron chi connectivity index (χ4n) is 2.98. The van der Waals surface area contributed by atoms with Gasteiger partial charge < -0.3 is 24.6 Å². The largest absolute Gasteiger partial charge is 0.506 e. The van der Waals surface area contributed by atoms with Gasteiger partial charge in [-0.05, 0) is 34.3 Å². The van der Waals surface area contributed by atoms with Crippen molar-refractivity contribution in [1.82, 2.24) is 14.4 Å². The quantitative estimate of drug-likeness (QED) is 0.797. The van der Waals surface area contributed by atoms with Crippen molar-refractivity contribution < 1.29 is 15.0 Å². The van der Waals surface area contributed by atoms with Gasteiger partial charge in [0.2, 0.25) is 0 Å². The van der Waals surface area contributed by atoms with E-state index in [1.807, 2.05) is 44.1 Å². The second-order valence-corrected chi connectivity index (χ2v) is 6.42. The van der Waals surface area contributed by atoms with Crippen molar-refractivity contribution in [3.05, 3.63) is 28.5 Å². The van der Waals surface area contributed by atoms with Gasteiger partial charge in [0.15, 0.2) is 0 Å². The number of nitrogens with zero attached hydrogens (tertiary/aromatic N) is 4. The summed E-state index contributed by atoms with van der Waals surface area (Å²) in [5.74, 6) is -1.19. The lowest BCUT2D eigenvalue weighted by Gasteiger charge is -2.14. The Labute approximate surface area is 165 Å². The first-order chi connectivity index (χ1) is 11.2. The van der Waals surface area contributed by atoms with E-state index in [2.05, 4.69) is 0 Å². The zero-order valence-corrected chi connectivity index (χ0v) is 17.0. The molecule has 2 N–H and O–H groups in total. The number of aromatic hydroxyl groups is 1. The van der Waals surface area contributed by atoms with Crippen molar-refractivity contribution in [3.8, 4) is 11.8 Å². The second-order valence-electron chi connectivity index (χ2n) is 6.42. The number of nitriles is 1. The molecule has 0 radical (unpaired) electrons. The number of aromatic carboxylic acids is 1. The summed E-state index contributed by atoms with van der Waals surface area (Å²) in [6.07, 6.45) is 0. The second kappa shape index (κ2) is 9.10. The van der Waals surface area contributed by atoms with Crippen LogP contribution in [0, 0.1) is 11.3 Å². The number of hydrogen-bond donors (Lipinski definition) is 2. The summed E-state index contributed by atoms with van der Waals surface area (Å²) < 4.78 is 1.79. The van der Waals surface area contributed by atoms with Crippen molar-refractivity contribution in [2.75, 3.05) is 28.2 Å². The minimum atomic E-state index is -1.04. The zero-order chi connectivity index (χ0) is 18.2. The number of rotatable bonds is 5. The minimum absolute atomic E-state index is 0. The fourth-order valence-corrected chi connectivity index (χ4v) is 2.98. The van der Waals surface area contributed by atoms with Crippen molar-refractivity contribution >= 4 is 41.7 Å². The third-order valence-electron chi connectivity index (χ3n) is 3.96. The first kappa shape index (κ1) is 24.0. The van der Waals surface area contributed by atoms with Gasteiger partial charge in [0, 0.05) is 36.8 Å². The molecule has 26 heavy (non-hydrogen) atoms. The van der Waals surface area contributed by atoms with Crippen LogP contribution in [-0.4, -0.2) is 58.7 Å². The van der Waals surface area contributed by atoms with Gasteiger partial charge in [-0.2, -0.15) is 5.26 Å². The summed E-state index contributed by atoms with van der Waals surface area (Å²) in [4.78, 5) is 15.7. The lowest BCUT2D eigenvalue weighted by molar-refractivity contribution is 0.0696. The van der Waals surface area contributed by atoms with E-state index in [1.165, 1.54) is 0 Å². The molecule has 1 aromatic heterocycles. The summed E-state index contributed by atoms with van der Waals surface area (Å²) in [6.45, 7) is 0.778. The number of hydrogen-bond acceptors (Lipinski definition) is 5. The van der Waals surface area contributed by atoms with Crippen molar-refractivity contribution in [3.63, 3.8) is 0 Å². The third-order valence-corrected chi connectivity index (χ3v) is 3.96. The molecule has 0 atom stereocenters. The molecule has 1 heterocycles. The number of phenolic OH excluding ortho intramolecular Hbond substituents is 1. The first-order valence-corrected chi connectivity index (χ1v) is 7.48. The Morgan fingerprint density at radius 1 is 1.19 bits per heavy atom. The SMILES string of the molecule is CN(C)Cc1c(O)c(C#N)cc2c1c(C(=O)O)c(CN(C)C)n2C.Cl.Cl. The predicted octanol–water partition coefficient (Wildman–Crippen LogP) is 2.42. The van der Waals surface area contributed by atoms with Crippen LogP contribution in [-0.2, 0) is 20.1 Å². The molecule has 0 aliphatic carbocycles. The van der Waals surface area contributed by atoms with E-state index in [-0.39, 0.29) is 41.7 Å². The molecule has 9 heteroatoms. The van der Waals surface area contributed by atoms with Crippen molar-refractivity contribution in [2.24, 2.45) is 7.05 Å². The highest BCUT2D eigenvalue weighted by atomic mass is 35.5. The Hall–Kier alpha value is -1.98. The Bertz CT molecular complexity index is 854. The number of aromatic nitrogens is 1. The molecule has 1 aromatic carbocycles. The van der Waals surface area contributed by atoms with Gasteiger partial charge in [-0.15, -0.1) is 24.8 Å². The maximum atomic E-state index is 11.9. The average Bonchev–Trinajstić information content (AvgIpc) is 2.74. The number of fused-ring (bicyclic) bond motifs is 1.